The first-order valence-electron chi connectivity index (χ1n) is 2.61. The maximum atomic E-state index is 10.6. The van der Waals surface area contributed by atoms with Gasteiger partial charge < -0.3 is 4.74 Å². The summed E-state index contributed by atoms with van der Waals surface area (Å²) in [5, 5.41) is 0. The molecule has 1 aliphatic heterocycles. The highest BCUT2D eigenvalue weighted by molar-refractivity contribution is 9.25. The fourth-order valence-electron chi connectivity index (χ4n) is 0.684. The van der Waals surface area contributed by atoms with Crippen LogP contribution in [0.4, 0.5) is 0 Å². The van der Waals surface area contributed by atoms with Gasteiger partial charge in [-0.3, -0.25) is 9.59 Å². The average Bonchev–Trinajstić information content (AvgIpc) is 1.54. The number of hydrogen-bond donors (Lipinski definition) is 0. The molecule has 1 aliphatic rings. The number of hydrogen-bond acceptors (Lipinski definition) is 3. The van der Waals surface area contributed by atoms with Crippen LogP contribution in [0.15, 0.2) is 0 Å². The fourth-order valence-corrected chi connectivity index (χ4v) is 1.60. The average molecular weight is 272 g/mol. The second-order valence-electron chi connectivity index (χ2n) is 2.06. The molecule has 56 valence electrons. The van der Waals surface area contributed by atoms with Crippen molar-refractivity contribution >= 4 is 43.8 Å². The zero-order valence-electron chi connectivity index (χ0n) is 4.89. The predicted molar refractivity (Wildman–Crippen MR) is 40.9 cm³/mol. The van der Waals surface area contributed by atoms with E-state index in [-0.39, 0.29) is 12.8 Å². The van der Waals surface area contributed by atoms with Crippen LogP contribution >= 0.6 is 31.9 Å². The summed E-state index contributed by atoms with van der Waals surface area (Å²) in [6, 6.07) is 0. The van der Waals surface area contributed by atoms with Crippen LogP contribution < -0.4 is 0 Å². The van der Waals surface area contributed by atoms with Gasteiger partial charge in [-0.05, 0) is 0 Å². The number of carbonyl (C=O) groups is 2. The molecule has 5 heteroatoms. The van der Waals surface area contributed by atoms with Crippen LogP contribution in [0, 0.1) is 0 Å². The summed E-state index contributed by atoms with van der Waals surface area (Å²) in [6.07, 6.45) is 0.359. The molecule has 0 saturated carbocycles. The second kappa shape index (κ2) is 2.62. The van der Waals surface area contributed by atoms with Crippen molar-refractivity contribution in [3.8, 4) is 0 Å². The lowest BCUT2D eigenvalue weighted by Crippen LogP contribution is -2.31. The summed E-state index contributed by atoms with van der Waals surface area (Å²) in [4.78, 5) is 21.2. The van der Waals surface area contributed by atoms with Gasteiger partial charge in [-0.15, -0.1) is 0 Å². The molecule has 1 rings (SSSR count). The smallest absolute Gasteiger partial charge is 0.315 e. The zero-order chi connectivity index (χ0) is 7.78. The van der Waals surface area contributed by atoms with E-state index in [0.717, 1.165) is 0 Å². The molecule has 1 fully saturated rings. The maximum Gasteiger partial charge on any atom is 0.315 e. The van der Waals surface area contributed by atoms with E-state index in [1.54, 1.807) is 0 Å². The van der Waals surface area contributed by atoms with Gasteiger partial charge in [0.05, 0.1) is 12.8 Å². The van der Waals surface area contributed by atoms with Crippen molar-refractivity contribution in [1.29, 1.82) is 0 Å². The van der Waals surface area contributed by atoms with E-state index >= 15 is 0 Å². The number of rotatable bonds is 0. The Morgan fingerprint density at radius 3 is 1.90 bits per heavy atom. The van der Waals surface area contributed by atoms with Gasteiger partial charge >= 0.3 is 11.9 Å². The Morgan fingerprint density at radius 1 is 1.20 bits per heavy atom. The quantitative estimate of drug-likeness (QED) is 0.379. The van der Waals surface area contributed by atoms with Crippen molar-refractivity contribution in [2.45, 2.75) is 16.1 Å². The number of ether oxygens (including phenoxy) is 1. The molecule has 1 saturated heterocycles. The third kappa shape index (κ3) is 2.05. The normalized spacial score (nSPS) is 24.2. The molecule has 0 aliphatic carbocycles. The highest BCUT2D eigenvalue weighted by Gasteiger charge is 2.36. The Balaban J connectivity index is 2.68. The van der Waals surface area contributed by atoms with E-state index < -0.39 is 15.2 Å². The molecular formula is C5H4Br2O3. The Bertz CT molecular complexity index is 169. The molecule has 0 amide bonds. The third-order valence-corrected chi connectivity index (χ3v) is 2.16. The van der Waals surface area contributed by atoms with E-state index in [9.17, 15) is 9.59 Å². The minimum Gasteiger partial charge on any atom is -0.393 e. The monoisotopic (exact) mass is 270 g/mol. The van der Waals surface area contributed by atoms with Crippen molar-refractivity contribution in [3.63, 3.8) is 0 Å². The first kappa shape index (κ1) is 8.20. The molecule has 0 bridgehead atoms. The van der Waals surface area contributed by atoms with Crippen LogP contribution in [0.2, 0.25) is 0 Å². The summed E-state index contributed by atoms with van der Waals surface area (Å²) < 4.78 is 3.71. The van der Waals surface area contributed by atoms with Crippen LogP contribution in [0.5, 0.6) is 0 Å². The Labute approximate surface area is 74.4 Å². The number of carbonyl (C=O) groups excluding carboxylic acids is 2. The number of cyclic esters (lactones) is 2. The molecule has 0 aromatic heterocycles. The highest BCUT2D eigenvalue weighted by atomic mass is 79.9. The van der Waals surface area contributed by atoms with Crippen LogP contribution in [0.1, 0.15) is 12.8 Å². The molecule has 0 aromatic carbocycles. The predicted octanol–water partition coefficient (Wildman–Crippen LogP) is 1.34. The van der Waals surface area contributed by atoms with E-state index in [1.165, 1.54) is 0 Å². The molecule has 10 heavy (non-hydrogen) atoms. The van der Waals surface area contributed by atoms with E-state index in [1.807, 2.05) is 0 Å². The highest BCUT2D eigenvalue weighted by Crippen LogP contribution is 2.37. The molecule has 0 aromatic rings. The van der Waals surface area contributed by atoms with E-state index in [0.29, 0.717) is 0 Å². The maximum absolute atomic E-state index is 10.6. The second-order valence-corrected chi connectivity index (χ2v) is 6.16. The van der Waals surface area contributed by atoms with Crippen molar-refractivity contribution in [2.75, 3.05) is 0 Å². The largest absolute Gasteiger partial charge is 0.393 e. The van der Waals surface area contributed by atoms with Gasteiger partial charge in [0.25, 0.3) is 0 Å². The molecule has 0 atom stereocenters. The number of alkyl halides is 2. The molecule has 0 N–H and O–H groups in total. The topological polar surface area (TPSA) is 43.4 Å². The molecular weight excluding hydrogens is 268 g/mol. The van der Waals surface area contributed by atoms with Gasteiger partial charge in [-0.25, -0.2) is 0 Å². The summed E-state index contributed by atoms with van der Waals surface area (Å²) >= 11 is 6.34. The van der Waals surface area contributed by atoms with Crippen LogP contribution in [-0.2, 0) is 14.3 Å². The Kier molecular flexibility index (Phi) is 2.15. The number of esters is 2. The molecule has 3 nitrogen and oxygen atoms in total. The summed E-state index contributed by atoms with van der Waals surface area (Å²) in [7, 11) is 0. The van der Waals surface area contributed by atoms with Crippen molar-refractivity contribution in [2.24, 2.45) is 0 Å². The lowest BCUT2D eigenvalue weighted by atomic mass is 10.2. The van der Waals surface area contributed by atoms with Crippen molar-refractivity contribution < 1.29 is 14.3 Å². The standard InChI is InChI=1S/C5H4Br2O3/c6-5(7)1-3(8)10-4(9)2-5/h1-2H2. The van der Waals surface area contributed by atoms with E-state index in [2.05, 4.69) is 36.6 Å². The minimum absolute atomic E-state index is 0.179. The third-order valence-electron chi connectivity index (χ3n) is 1.03. The van der Waals surface area contributed by atoms with Gasteiger partial charge in [-0.2, -0.15) is 0 Å². The Hall–Kier alpha value is 0.1000. The minimum atomic E-state index is -0.577. The lowest BCUT2D eigenvalue weighted by molar-refractivity contribution is -0.162. The van der Waals surface area contributed by atoms with Gasteiger partial charge in [0.2, 0.25) is 0 Å². The van der Waals surface area contributed by atoms with Gasteiger partial charge in [0.15, 0.2) is 0 Å². The van der Waals surface area contributed by atoms with Crippen LogP contribution in [-0.4, -0.2) is 15.2 Å². The SMILES string of the molecule is O=C1CC(Br)(Br)CC(=O)O1. The summed E-state index contributed by atoms with van der Waals surface area (Å²) in [5.41, 5.74) is 0. The van der Waals surface area contributed by atoms with E-state index in [4.69, 9.17) is 0 Å². The lowest BCUT2D eigenvalue weighted by Gasteiger charge is -2.22. The number of halogens is 2. The zero-order valence-corrected chi connectivity index (χ0v) is 8.07. The molecule has 0 unspecified atom stereocenters. The van der Waals surface area contributed by atoms with Crippen LogP contribution in [0.3, 0.4) is 0 Å². The fraction of sp³-hybridized carbons (Fsp3) is 0.600. The van der Waals surface area contributed by atoms with Gasteiger partial charge in [0, 0.05) is 0 Å². The van der Waals surface area contributed by atoms with Gasteiger partial charge in [0.1, 0.15) is 3.23 Å². The van der Waals surface area contributed by atoms with Crippen molar-refractivity contribution in [3.05, 3.63) is 0 Å². The summed E-state index contributed by atoms with van der Waals surface area (Å²) in [5.74, 6) is -0.991. The van der Waals surface area contributed by atoms with Gasteiger partial charge in [-0.1, -0.05) is 31.9 Å². The molecule has 0 spiro atoms. The van der Waals surface area contributed by atoms with Crippen LogP contribution in [0.25, 0.3) is 0 Å². The van der Waals surface area contributed by atoms with Crippen molar-refractivity contribution in [1.82, 2.24) is 0 Å². The molecule has 1 heterocycles. The first-order valence-corrected chi connectivity index (χ1v) is 4.19. The summed E-state index contributed by atoms with van der Waals surface area (Å²) in [6.45, 7) is 0. The Morgan fingerprint density at radius 2 is 1.60 bits per heavy atom. The first-order chi connectivity index (χ1) is 4.49. The molecule has 0 radical (unpaired) electrons.